The number of hydrogen-bond donors (Lipinski definition) is 0. The molecule has 0 nitrogen and oxygen atoms in total. The number of fused-ring (bicyclic) bond motifs is 3. The fourth-order valence-corrected chi connectivity index (χ4v) is 2.67. The summed E-state index contributed by atoms with van der Waals surface area (Å²) >= 11 is 0. The summed E-state index contributed by atoms with van der Waals surface area (Å²) in [4.78, 5) is 0. The van der Waals surface area contributed by atoms with Gasteiger partial charge >= 0.3 is 0 Å². The Morgan fingerprint density at radius 1 is 0.857 bits per heavy atom. The van der Waals surface area contributed by atoms with Crippen LogP contribution in [0.4, 0.5) is 0 Å². The molecular weight excluding hydrogens is 184 g/mol. The van der Waals surface area contributed by atoms with E-state index in [0.29, 0.717) is 0 Å². The van der Waals surface area contributed by atoms with Crippen LogP contribution in [-0.4, -0.2) is 10.2 Å². The molecule has 0 saturated heterocycles. The van der Waals surface area contributed by atoms with Gasteiger partial charge in [0.25, 0.3) is 0 Å². The third-order valence-electron chi connectivity index (χ3n) is 2.95. The van der Waals surface area contributed by atoms with E-state index in [0.717, 1.165) is 6.42 Å². The van der Waals surface area contributed by atoms with Crippen LogP contribution in [0.25, 0.3) is 11.1 Å². The largest absolute Gasteiger partial charge is 0.0656 e. The zero-order chi connectivity index (χ0) is 9.54. The summed E-state index contributed by atoms with van der Waals surface area (Å²) in [5.41, 5.74) is 5.86. The van der Waals surface area contributed by atoms with Crippen molar-refractivity contribution >= 4 is 15.4 Å². The molecule has 0 amide bonds. The maximum Gasteiger partial charge on any atom is 0.0481 e. The predicted octanol–water partition coefficient (Wildman–Crippen LogP) is 1.52. The Bertz CT molecular complexity index is 500. The van der Waals surface area contributed by atoms with Gasteiger partial charge in [-0.25, -0.2) is 0 Å². The van der Waals surface area contributed by atoms with Gasteiger partial charge in [-0.1, -0.05) is 47.7 Å². The number of benzene rings is 2. The molecule has 1 aliphatic carbocycles. The SMILES string of the molecule is [SiH2]c1cccc2c1Cc1ccccc1-2. The summed E-state index contributed by atoms with van der Waals surface area (Å²) in [5, 5.41) is 1.44. The van der Waals surface area contributed by atoms with Crippen LogP contribution in [0.2, 0.25) is 0 Å². The zero-order valence-corrected chi connectivity index (χ0v) is 9.37. The van der Waals surface area contributed by atoms with Crippen molar-refractivity contribution in [1.82, 2.24) is 0 Å². The molecule has 1 aliphatic rings. The molecule has 1 radical (unpaired) electrons. The first-order valence-electron chi connectivity index (χ1n) is 4.88. The van der Waals surface area contributed by atoms with E-state index in [1.54, 1.807) is 0 Å². The smallest absolute Gasteiger partial charge is 0.0481 e. The molecule has 2 aromatic rings. The third-order valence-corrected chi connectivity index (χ3v) is 3.61. The van der Waals surface area contributed by atoms with Gasteiger partial charge < -0.3 is 0 Å². The summed E-state index contributed by atoms with van der Waals surface area (Å²) in [6, 6.07) is 15.3. The monoisotopic (exact) mass is 195 g/mol. The maximum atomic E-state index is 2.23. The average molecular weight is 195 g/mol. The molecule has 67 valence electrons. The number of rotatable bonds is 0. The van der Waals surface area contributed by atoms with Crippen molar-refractivity contribution in [2.24, 2.45) is 0 Å². The first kappa shape index (κ1) is 8.01. The highest BCUT2D eigenvalue weighted by atomic mass is 28.1. The van der Waals surface area contributed by atoms with E-state index in [9.17, 15) is 0 Å². The van der Waals surface area contributed by atoms with E-state index in [-0.39, 0.29) is 0 Å². The van der Waals surface area contributed by atoms with Crippen LogP contribution in [-0.2, 0) is 6.42 Å². The molecule has 2 aromatic carbocycles. The molecule has 0 heterocycles. The highest BCUT2D eigenvalue weighted by Crippen LogP contribution is 2.34. The van der Waals surface area contributed by atoms with Crippen LogP contribution in [0, 0.1) is 0 Å². The summed E-state index contributed by atoms with van der Waals surface area (Å²) in [7, 11) is 1.99. The Morgan fingerprint density at radius 2 is 1.64 bits per heavy atom. The van der Waals surface area contributed by atoms with Crippen LogP contribution in [0.5, 0.6) is 0 Å². The second-order valence-corrected chi connectivity index (χ2v) is 4.54. The Kier molecular flexibility index (Phi) is 1.61. The first-order valence-corrected chi connectivity index (χ1v) is 5.59. The van der Waals surface area contributed by atoms with Gasteiger partial charge in [-0.05, 0) is 28.7 Å². The molecule has 0 bridgehead atoms. The zero-order valence-electron chi connectivity index (χ0n) is 7.96. The average Bonchev–Trinajstić information content (AvgIpc) is 2.59. The van der Waals surface area contributed by atoms with E-state index in [1.807, 2.05) is 10.2 Å². The molecule has 3 rings (SSSR count). The van der Waals surface area contributed by atoms with Crippen LogP contribution in [0.3, 0.4) is 0 Å². The van der Waals surface area contributed by atoms with Crippen molar-refractivity contribution < 1.29 is 0 Å². The minimum absolute atomic E-state index is 1.12. The predicted molar refractivity (Wildman–Crippen MR) is 62.9 cm³/mol. The second-order valence-electron chi connectivity index (χ2n) is 3.78. The highest BCUT2D eigenvalue weighted by Gasteiger charge is 2.18. The second kappa shape index (κ2) is 2.82. The topological polar surface area (TPSA) is 0 Å². The van der Waals surface area contributed by atoms with Gasteiger partial charge in [-0.2, -0.15) is 0 Å². The van der Waals surface area contributed by atoms with Crippen LogP contribution < -0.4 is 5.19 Å². The minimum Gasteiger partial charge on any atom is -0.0656 e. The lowest BCUT2D eigenvalue weighted by molar-refractivity contribution is 1.28. The molecule has 0 atom stereocenters. The van der Waals surface area contributed by atoms with Crippen molar-refractivity contribution in [3.05, 3.63) is 53.6 Å². The number of hydrogen-bond acceptors (Lipinski definition) is 0. The van der Waals surface area contributed by atoms with Gasteiger partial charge in [0.2, 0.25) is 0 Å². The normalized spacial score (nSPS) is 12.4. The van der Waals surface area contributed by atoms with Gasteiger partial charge in [0.05, 0.1) is 0 Å². The third kappa shape index (κ3) is 0.992. The van der Waals surface area contributed by atoms with E-state index in [4.69, 9.17) is 0 Å². The first-order chi connectivity index (χ1) is 6.86. The van der Waals surface area contributed by atoms with Crippen LogP contribution in [0.15, 0.2) is 42.5 Å². The molecule has 0 N–H and O–H groups in total. The van der Waals surface area contributed by atoms with Crippen molar-refractivity contribution in [2.75, 3.05) is 0 Å². The van der Waals surface area contributed by atoms with Gasteiger partial charge in [0.15, 0.2) is 0 Å². The van der Waals surface area contributed by atoms with Gasteiger partial charge in [-0.15, -0.1) is 0 Å². The quantitative estimate of drug-likeness (QED) is 0.477. The van der Waals surface area contributed by atoms with Crippen molar-refractivity contribution in [3.8, 4) is 11.1 Å². The Balaban J connectivity index is 2.33. The van der Waals surface area contributed by atoms with Crippen molar-refractivity contribution in [3.63, 3.8) is 0 Å². The molecule has 1 heteroatoms. The standard InChI is InChI=1S/C13H11Si/c14-13-7-3-6-11-10-5-2-1-4-9(10)8-12(11)13/h1-7H,8,14H2. The molecule has 14 heavy (non-hydrogen) atoms. The molecule has 0 saturated carbocycles. The molecule has 0 spiro atoms. The molecular formula is C13H11Si. The minimum atomic E-state index is 1.12. The molecule has 0 unspecified atom stereocenters. The Labute approximate surface area is 87.0 Å². The summed E-state index contributed by atoms with van der Waals surface area (Å²) < 4.78 is 0. The Morgan fingerprint density at radius 3 is 2.57 bits per heavy atom. The molecule has 0 aliphatic heterocycles. The van der Waals surface area contributed by atoms with Crippen molar-refractivity contribution in [1.29, 1.82) is 0 Å². The van der Waals surface area contributed by atoms with Crippen LogP contribution >= 0.6 is 0 Å². The van der Waals surface area contributed by atoms with Gasteiger partial charge in [-0.3, -0.25) is 0 Å². The lowest BCUT2D eigenvalue weighted by Crippen LogP contribution is -2.08. The highest BCUT2D eigenvalue weighted by molar-refractivity contribution is 6.34. The fourth-order valence-electron chi connectivity index (χ4n) is 2.22. The van der Waals surface area contributed by atoms with Crippen LogP contribution in [0.1, 0.15) is 11.1 Å². The molecule has 0 aromatic heterocycles. The van der Waals surface area contributed by atoms with E-state index in [1.165, 1.54) is 27.4 Å². The maximum absolute atomic E-state index is 2.23. The van der Waals surface area contributed by atoms with E-state index >= 15 is 0 Å². The van der Waals surface area contributed by atoms with E-state index < -0.39 is 0 Å². The van der Waals surface area contributed by atoms with Crippen molar-refractivity contribution in [2.45, 2.75) is 6.42 Å². The summed E-state index contributed by atoms with van der Waals surface area (Å²) in [5.74, 6) is 0. The molecule has 0 fully saturated rings. The lowest BCUT2D eigenvalue weighted by Gasteiger charge is -2.02. The van der Waals surface area contributed by atoms with Gasteiger partial charge in [0.1, 0.15) is 0 Å². The summed E-state index contributed by atoms with van der Waals surface area (Å²) in [6.07, 6.45) is 1.12. The lowest BCUT2D eigenvalue weighted by atomic mass is 10.1. The summed E-state index contributed by atoms with van der Waals surface area (Å²) in [6.45, 7) is 0. The Hall–Kier alpha value is -1.34. The van der Waals surface area contributed by atoms with Gasteiger partial charge in [0, 0.05) is 10.2 Å². The van der Waals surface area contributed by atoms with E-state index in [2.05, 4.69) is 42.5 Å². The fraction of sp³-hybridized carbons (Fsp3) is 0.0769.